The van der Waals surface area contributed by atoms with Gasteiger partial charge in [-0.05, 0) is 40.8 Å². The van der Waals surface area contributed by atoms with Gasteiger partial charge in [-0.25, -0.2) is 17.6 Å². The van der Waals surface area contributed by atoms with E-state index < -0.39 is 46.4 Å². The third-order valence-corrected chi connectivity index (χ3v) is 6.43. The zero-order valence-corrected chi connectivity index (χ0v) is 17.3. The van der Waals surface area contributed by atoms with E-state index in [0.29, 0.717) is 22.4 Å². The lowest BCUT2D eigenvalue weighted by Crippen LogP contribution is -2.51. The summed E-state index contributed by atoms with van der Waals surface area (Å²) in [6, 6.07) is 2.78. The van der Waals surface area contributed by atoms with Crippen LogP contribution in [0.25, 0.3) is 10.8 Å². The fourth-order valence-corrected chi connectivity index (χ4v) is 4.82. The van der Waals surface area contributed by atoms with Gasteiger partial charge in [0, 0.05) is 31.1 Å². The molecule has 0 saturated heterocycles. The Morgan fingerprint density at radius 1 is 1.03 bits per heavy atom. The number of rotatable bonds is 2. The number of aliphatic hydroxyl groups is 1. The first-order valence-electron chi connectivity index (χ1n) is 10.2. The van der Waals surface area contributed by atoms with Crippen LogP contribution in [0.1, 0.15) is 28.4 Å². The van der Waals surface area contributed by atoms with Gasteiger partial charge in [-0.3, -0.25) is 9.59 Å². The molecule has 0 spiro atoms. The number of benzene rings is 2. The second-order valence-electron chi connectivity index (χ2n) is 8.53. The molecule has 3 aromatic rings. The monoisotopic (exact) mass is 462 g/mol. The number of nitrogens with zero attached hydrogens (tertiary/aromatic N) is 1. The summed E-state index contributed by atoms with van der Waals surface area (Å²) >= 11 is 0. The van der Waals surface area contributed by atoms with Crippen LogP contribution in [0, 0.1) is 23.3 Å². The van der Waals surface area contributed by atoms with Gasteiger partial charge in [0.25, 0.3) is 11.5 Å². The molecule has 0 bridgehead atoms. The van der Waals surface area contributed by atoms with Gasteiger partial charge in [0.15, 0.2) is 28.9 Å². The SMILES string of the molecule is CN(C(=O)C1(O)Cc2cc(F)c(F)cc2C1)C1COCc2[nH]c(=O)c3cc(F)c(F)cc3c21. The predicted octanol–water partition coefficient (Wildman–Crippen LogP) is 2.64. The van der Waals surface area contributed by atoms with Crippen LogP contribution < -0.4 is 5.56 Å². The van der Waals surface area contributed by atoms with Crippen LogP contribution in [0.5, 0.6) is 0 Å². The van der Waals surface area contributed by atoms with E-state index in [4.69, 9.17) is 4.74 Å². The van der Waals surface area contributed by atoms with E-state index in [9.17, 15) is 32.3 Å². The number of H-pyrrole nitrogens is 1. The molecule has 0 fully saturated rings. The van der Waals surface area contributed by atoms with Crippen molar-refractivity contribution in [2.75, 3.05) is 13.7 Å². The molecule has 1 atom stereocenters. The van der Waals surface area contributed by atoms with Crippen LogP contribution in [-0.4, -0.2) is 40.2 Å². The number of aromatic nitrogens is 1. The number of carbonyl (C=O) groups is 1. The Morgan fingerprint density at radius 3 is 2.18 bits per heavy atom. The lowest BCUT2D eigenvalue weighted by atomic mass is 9.92. The summed E-state index contributed by atoms with van der Waals surface area (Å²) in [6.45, 7) is -0.0338. The minimum absolute atomic E-state index is 0.00764. The molecular weight excluding hydrogens is 444 g/mol. The van der Waals surface area contributed by atoms with Crippen LogP contribution in [0.2, 0.25) is 0 Å². The summed E-state index contributed by atoms with van der Waals surface area (Å²) in [5.41, 5.74) is -1.25. The molecular formula is C23H18F4N2O4. The van der Waals surface area contributed by atoms with Gasteiger partial charge in [0.05, 0.1) is 24.6 Å². The van der Waals surface area contributed by atoms with Gasteiger partial charge < -0.3 is 19.7 Å². The van der Waals surface area contributed by atoms with E-state index in [-0.39, 0.29) is 36.8 Å². The highest BCUT2D eigenvalue weighted by molar-refractivity contribution is 5.90. The van der Waals surface area contributed by atoms with Crippen molar-refractivity contribution in [2.24, 2.45) is 0 Å². The summed E-state index contributed by atoms with van der Waals surface area (Å²) in [4.78, 5) is 29.5. The largest absolute Gasteiger partial charge is 0.379 e. The number of fused-ring (bicyclic) bond motifs is 4. The number of halogens is 4. The average Bonchev–Trinajstić information content (AvgIpc) is 3.10. The Labute approximate surface area is 184 Å². The van der Waals surface area contributed by atoms with Crippen molar-refractivity contribution in [1.29, 1.82) is 0 Å². The Balaban J connectivity index is 1.55. The van der Waals surface area contributed by atoms with E-state index in [1.807, 2.05) is 0 Å². The molecule has 2 N–H and O–H groups in total. The van der Waals surface area contributed by atoms with Crippen LogP contribution >= 0.6 is 0 Å². The van der Waals surface area contributed by atoms with Crippen LogP contribution in [0.3, 0.4) is 0 Å². The van der Waals surface area contributed by atoms with Crippen molar-refractivity contribution < 1.29 is 32.2 Å². The second-order valence-corrected chi connectivity index (χ2v) is 8.53. The fraction of sp³-hybridized carbons (Fsp3) is 0.304. The maximum absolute atomic E-state index is 14.1. The fourth-order valence-electron chi connectivity index (χ4n) is 4.82. The molecule has 172 valence electrons. The lowest BCUT2D eigenvalue weighted by molar-refractivity contribution is -0.153. The maximum Gasteiger partial charge on any atom is 0.256 e. The highest BCUT2D eigenvalue weighted by Gasteiger charge is 2.46. The third-order valence-electron chi connectivity index (χ3n) is 6.43. The lowest BCUT2D eigenvalue weighted by Gasteiger charge is -2.37. The first-order valence-corrected chi connectivity index (χ1v) is 10.2. The summed E-state index contributed by atoms with van der Waals surface area (Å²) in [5, 5.41) is 11.2. The van der Waals surface area contributed by atoms with Crippen molar-refractivity contribution >= 4 is 16.7 Å². The van der Waals surface area contributed by atoms with Crippen molar-refractivity contribution in [3.8, 4) is 0 Å². The topological polar surface area (TPSA) is 82.6 Å². The molecule has 1 amide bonds. The predicted molar refractivity (Wildman–Crippen MR) is 108 cm³/mol. The number of carbonyl (C=O) groups excluding carboxylic acids is 1. The molecule has 2 aliphatic rings. The van der Waals surface area contributed by atoms with E-state index in [1.54, 1.807) is 0 Å². The van der Waals surface area contributed by atoms with Gasteiger partial charge in [0.1, 0.15) is 0 Å². The van der Waals surface area contributed by atoms with E-state index in [2.05, 4.69) is 4.98 Å². The van der Waals surface area contributed by atoms with Gasteiger partial charge in [-0.15, -0.1) is 0 Å². The molecule has 2 heterocycles. The second kappa shape index (κ2) is 7.39. The zero-order chi connectivity index (χ0) is 23.7. The molecule has 0 radical (unpaired) electrons. The van der Waals surface area contributed by atoms with E-state index in [0.717, 1.165) is 24.3 Å². The number of hydrogen-bond donors (Lipinski definition) is 2. The molecule has 1 aromatic heterocycles. The first kappa shape index (κ1) is 21.6. The molecule has 0 saturated carbocycles. The Bertz CT molecular complexity index is 1360. The van der Waals surface area contributed by atoms with Gasteiger partial charge in [0.2, 0.25) is 0 Å². The minimum Gasteiger partial charge on any atom is -0.379 e. The van der Waals surface area contributed by atoms with Crippen molar-refractivity contribution in [2.45, 2.75) is 31.1 Å². The summed E-state index contributed by atoms with van der Waals surface area (Å²) < 4.78 is 60.6. The molecule has 5 rings (SSSR count). The van der Waals surface area contributed by atoms with Gasteiger partial charge in [-0.2, -0.15) is 0 Å². The maximum atomic E-state index is 14.1. The number of likely N-dealkylation sites (N-methyl/N-ethyl adjacent to an activating group) is 1. The van der Waals surface area contributed by atoms with Crippen LogP contribution in [0.15, 0.2) is 29.1 Å². The molecule has 33 heavy (non-hydrogen) atoms. The number of ether oxygens (including phenoxy) is 1. The van der Waals surface area contributed by atoms with Crippen molar-refractivity contribution in [1.82, 2.24) is 9.88 Å². The Kier molecular flexibility index (Phi) is 4.84. The molecule has 1 aliphatic carbocycles. The summed E-state index contributed by atoms with van der Waals surface area (Å²) in [6.07, 6.45) is -0.426. The highest BCUT2D eigenvalue weighted by atomic mass is 19.2. The smallest absolute Gasteiger partial charge is 0.256 e. The summed E-state index contributed by atoms with van der Waals surface area (Å²) in [7, 11) is 1.41. The minimum atomic E-state index is -1.95. The standard InChI is InChI=1S/C23H18F4N2O4/c1-29(22(31)23(32)6-10-2-14(24)15(25)3-11(10)7-23)19-9-33-8-18-20(19)12-4-16(26)17(27)5-13(12)21(30)28-18/h2-5,19,32H,6-9H2,1H3,(H,28,30). The van der Waals surface area contributed by atoms with Crippen molar-refractivity contribution in [3.63, 3.8) is 0 Å². The molecule has 1 aliphatic heterocycles. The molecule has 10 heteroatoms. The third kappa shape index (κ3) is 3.32. The quantitative estimate of drug-likeness (QED) is 0.574. The molecule has 6 nitrogen and oxygen atoms in total. The number of amides is 1. The number of hydrogen-bond acceptors (Lipinski definition) is 4. The first-order chi connectivity index (χ1) is 15.6. The highest BCUT2D eigenvalue weighted by Crippen LogP contribution is 2.38. The van der Waals surface area contributed by atoms with Crippen LogP contribution in [-0.2, 0) is 29.0 Å². The Hall–Kier alpha value is -3.24. The normalized spacial score (nSPS) is 18.8. The van der Waals surface area contributed by atoms with Crippen LogP contribution in [0.4, 0.5) is 17.6 Å². The summed E-state index contributed by atoms with van der Waals surface area (Å²) in [5.74, 6) is -5.21. The van der Waals surface area contributed by atoms with Gasteiger partial charge in [-0.1, -0.05) is 0 Å². The number of nitrogens with one attached hydrogen (secondary N) is 1. The van der Waals surface area contributed by atoms with Crippen molar-refractivity contribution in [3.05, 3.63) is 80.3 Å². The van der Waals surface area contributed by atoms with E-state index >= 15 is 0 Å². The molecule has 1 unspecified atom stereocenters. The average molecular weight is 462 g/mol. The Morgan fingerprint density at radius 2 is 1.58 bits per heavy atom. The zero-order valence-electron chi connectivity index (χ0n) is 17.3. The molecule has 2 aromatic carbocycles. The van der Waals surface area contributed by atoms with Gasteiger partial charge >= 0.3 is 0 Å². The van der Waals surface area contributed by atoms with E-state index in [1.165, 1.54) is 11.9 Å². The number of aromatic amines is 1. The number of pyridine rings is 1.